The van der Waals surface area contributed by atoms with Crippen molar-refractivity contribution in [2.45, 2.75) is 33.2 Å². The summed E-state index contributed by atoms with van der Waals surface area (Å²) in [7, 11) is 0. The Morgan fingerprint density at radius 2 is 2.20 bits per heavy atom. The molecule has 0 bridgehead atoms. The maximum atomic E-state index is 11.2. The predicted octanol–water partition coefficient (Wildman–Crippen LogP) is 1.84. The van der Waals surface area contributed by atoms with Crippen molar-refractivity contribution < 1.29 is 4.79 Å². The van der Waals surface area contributed by atoms with Crippen LogP contribution < -0.4 is 16.0 Å². The van der Waals surface area contributed by atoms with Crippen LogP contribution in [0.15, 0.2) is 18.2 Å². The molecule has 0 saturated carbocycles. The minimum absolute atomic E-state index is 0.110. The maximum absolute atomic E-state index is 11.2. The molecule has 0 fully saturated rings. The van der Waals surface area contributed by atoms with Crippen molar-refractivity contribution >= 4 is 11.6 Å². The Morgan fingerprint density at radius 3 is 2.85 bits per heavy atom. The monoisotopic (exact) mass is 275 g/mol. The van der Waals surface area contributed by atoms with E-state index in [9.17, 15) is 4.79 Å². The molecule has 0 saturated heterocycles. The summed E-state index contributed by atoms with van der Waals surface area (Å²) in [6.07, 6.45) is 1.05. The highest BCUT2D eigenvalue weighted by Crippen LogP contribution is 2.31. The average molecular weight is 275 g/mol. The maximum Gasteiger partial charge on any atom is 0.222 e. The van der Waals surface area contributed by atoms with E-state index in [1.165, 1.54) is 16.8 Å². The normalized spacial score (nSPS) is 16.9. The van der Waals surface area contributed by atoms with Gasteiger partial charge in [0.15, 0.2) is 0 Å². The number of hydrogen-bond donors (Lipinski definition) is 2. The van der Waals surface area contributed by atoms with Crippen LogP contribution in [0.5, 0.6) is 0 Å². The van der Waals surface area contributed by atoms with Crippen molar-refractivity contribution in [3.8, 4) is 0 Å². The van der Waals surface area contributed by atoms with Crippen molar-refractivity contribution in [2.75, 3.05) is 24.5 Å². The fourth-order valence-electron chi connectivity index (χ4n) is 2.79. The van der Waals surface area contributed by atoms with Gasteiger partial charge in [-0.3, -0.25) is 4.79 Å². The lowest BCUT2D eigenvalue weighted by Gasteiger charge is -2.22. The molecule has 110 valence electrons. The first-order chi connectivity index (χ1) is 9.52. The van der Waals surface area contributed by atoms with E-state index in [0.717, 1.165) is 19.5 Å². The number of amides is 1. The number of primary amides is 1. The summed E-state index contributed by atoms with van der Waals surface area (Å²) in [5.41, 5.74) is 9.32. The number of nitrogens with two attached hydrogens (primary N) is 1. The van der Waals surface area contributed by atoms with E-state index in [1.54, 1.807) is 0 Å². The first-order valence-corrected chi connectivity index (χ1v) is 7.43. The van der Waals surface area contributed by atoms with Gasteiger partial charge in [0.1, 0.15) is 0 Å². The van der Waals surface area contributed by atoms with E-state index in [2.05, 4.69) is 42.3 Å². The Hall–Kier alpha value is -1.55. The molecule has 4 nitrogen and oxygen atoms in total. The van der Waals surface area contributed by atoms with Gasteiger partial charge in [0, 0.05) is 24.8 Å². The van der Waals surface area contributed by atoms with E-state index in [0.29, 0.717) is 12.6 Å². The van der Waals surface area contributed by atoms with Crippen molar-refractivity contribution in [1.29, 1.82) is 0 Å². The standard InChI is InChI=1S/C16H25N3O/c1-4-18-12(3)13-5-6-15-14(9-13)7-8-19(15)10-11(2)16(17)20/h5-6,9,11-12,18H,4,7-8,10H2,1-3H3,(H2,17,20). The molecule has 0 aliphatic carbocycles. The first-order valence-electron chi connectivity index (χ1n) is 7.43. The van der Waals surface area contributed by atoms with Crippen LogP contribution in [0.4, 0.5) is 5.69 Å². The number of nitrogens with one attached hydrogen (secondary N) is 1. The molecule has 1 aromatic carbocycles. The lowest BCUT2D eigenvalue weighted by molar-refractivity contribution is -0.121. The Bertz CT molecular complexity index is 487. The molecule has 1 heterocycles. The van der Waals surface area contributed by atoms with Crippen LogP contribution in [-0.2, 0) is 11.2 Å². The predicted molar refractivity (Wildman–Crippen MR) is 82.8 cm³/mol. The van der Waals surface area contributed by atoms with E-state index < -0.39 is 0 Å². The molecule has 1 aromatic rings. The second-order valence-corrected chi connectivity index (χ2v) is 5.67. The Morgan fingerprint density at radius 1 is 1.45 bits per heavy atom. The number of nitrogens with zero attached hydrogens (tertiary/aromatic N) is 1. The van der Waals surface area contributed by atoms with Gasteiger partial charge < -0.3 is 16.0 Å². The lowest BCUT2D eigenvalue weighted by atomic mass is 10.0. The molecular formula is C16H25N3O. The number of carbonyl (C=O) groups excluding carboxylic acids is 1. The average Bonchev–Trinajstić information content (AvgIpc) is 2.81. The van der Waals surface area contributed by atoms with Crippen LogP contribution in [0.1, 0.15) is 37.9 Å². The lowest BCUT2D eigenvalue weighted by Crippen LogP contribution is -2.33. The highest BCUT2D eigenvalue weighted by Gasteiger charge is 2.23. The molecule has 1 amide bonds. The summed E-state index contributed by atoms with van der Waals surface area (Å²) >= 11 is 0. The molecule has 0 radical (unpaired) electrons. The highest BCUT2D eigenvalue weighted by molar-refractivity contribution is 5.77. The first kappa shape index (κ1) is 14.9. The van der Waals surface area contributed by atoms with Gasteiger partial charge >= 0.3 is 0 Å². The minimum Gasteiger partial charge on any atom is -0.370 e. The second-order valence-electron chi connectivity index (χ2n) is 5.67. The van der Waals surface area contributed by atoms with Gasteiger partial charge in [-0.1, -0.05) is 26.0 Å². The molecule has 0 aromatic heterocycles. The van der Waals surface area contributed by atoms with Crippen molar-refractivity contribution in [2.24, 2.45) is 11.7 Å². The largest absolute Gasteiger partial charge is 0.370 e. The third-order valence-corrected chi connectivity index (χ3v) is 4.09. The fraction of sp³-hybridized carbons (Fsp3) is 0.562. The Kier molecular flexibility index (Phi) is 4.65. The molecular weight excluding hydrogens is 250 g/mol. The van der Waals surface area contributed by atoms with Crippen LogP contribution in [0.3, 0.4) is 0 Å². The third-order valence-electron chi connectivity index (χ3n) is 4.09. The van der Waals surface area contributed by atoms with Crippen LogP contribution in [-0.4, -0.2) is 25.5 Å². The Balaban J connectivity index is 2.12. The minimum atomic E-state index is -0.226. The molecule has 2 rings (SSSR count). The zero-order valence-electron chi connectivity index (χ0n) is 12.6. The SMILES string of the molecule is CCNC(C)c1ccc2c(c1)CCN2CC(C)C(N)=O. The van der Waals surface area contributed by atoms with Crippen molar-refractivity contribution in [3.05, 3.63) is 29.3 Å². The Labute approximate surface area is 121 Å². The van der Waals surface area contributed by atoms with Gasteiger partial charge in [-0.25, -0.2) is 0 Å². The number of fused-ring (bicyclic) bond motifs is 1. The van der Waals surface area contributed by atoms with Crippen LogP contribution in [0, 0.1) is 5.92 Å². The van der Waals surface area contributed by atoms with Gasteiger partial charge in [-0.2, -0.15) is 0 Å². The zero-order valence-corrected chi connectivity index (χ0v) is 12.6. The molecule has 1 aliphatic heterocycles. The van der Waals surface area contributed by atoms with Gasteiger partial charge in [0.25, 0.3) is 0 Å². The van der Waals surface area contributed by atoms with Gasteiger partial charge in [0.05, 0.1) is 5.92 Å². The van der Waals surface area contributed by atoms with Crippen LogP contribution >= 0.6 is 0 Å². The quantitative estimate of drug-likeness (QED) is 0.833. The summed E-state index contributed by atoms with van der Waals surface area (Å²) in [6, 6.07) is 7.03. The van der Waals surface area contributed by atoms with Crippen LogP contribution in [0.25, 0.3) is 0 Å². The van der Waals surface area contributed by atoms with Gasteiger partial charge in [-0.15, -0.1) is 0 Å². The summed E-state index contributed by atoms with van der Waals surface area (Å²) < 4.78 is 0. The molecule has 20 heavy (non-hydrogen) atoms. The highest BCUT2D eigenvalue weighted by atomic mass is 16.1. The number of anilines is 1. The summed E-state index contributed by atoms with van der Waals surface area (Å²) in [5, 5.41) is 3.44. The topological polar surface area (TPSA) is 58.4 Å². The van der Waals surface area contributed by atoms with Crippen LogP contribution in [0.2, 0.25) is 0 Å². The summed E-state index contributed by atoms with van der Waals surface area (Å²) in [6.45, 7) is 8.86. The molecule has 2 atom stereocenters. The number of carbonyl (C=O) groups is 1. The molecule has 4 heteroatoms. The molecule has 0 spiro atoms. The third kappa shape index (κ3) is 3.12. The number of rotatable bonds is 6. The van der Waals surface area contributed by atoms with Crippen molar-refractivity contribution in [1.82, 2.24) is 5.32 Å². The zero-order chi connectivity index (χ0) is 14.7. The second kappa shape index (κ2) is 6.27. The summed E-state index contributed by atoms with van der Waals surface area (Å²) in [4.78, 5) is 13.5. The van der Waals surface area contributed by atoms with E-state index >= 15 is 0 Å². The molecule has 1 aliphatic rings. The number of benzene rings is 1. The van der Waals surface area contributed by atoms with E-state index in [4.69, 9.17) is 5.73 Å². The summed E-state index contributed by atoms with van der Waals surface area (Å²) in [5.74, 6) is -0.336. The van der Waals surface area contributed by atoms with E-state index in [-0.39, 0.29) is 11.8 Å². The molecule has 3 N–H and O–H groups in total. The van der Waals surface area contributed by atoms with Gasteiger partial charge in [0.2, 0.25) is 5.91 Å². The van der Waals surface area contributed by atoms with Crippen molar-refractivity contribution in [3.63, 3.8) is 0 Å². The molecule has 2 unspecified atom stereocenters. The smallest absolute Gasteiger partial charge is 0.222 e. The van der Waals surface area contributed by atoms with E-state index in [1.807, 2.05) is 6.92 Å². The fourth-order valence-corrected chi connectivity index (χ4v) is 2.79. The van der Waals surface area contributed by atoms with Gasteiger partial charge in [-0.05, 0) is 37.1 Å². The number of hydrogen-bond acceptors (Lipinski definition) is 3.